The summed E-state index contributed by atoms with van der Waals surface area (Å²) >= 11 is 0. The number of sulfonamides is 1. The Hall–Kier alpha value is -1.30. The molecule has 6 heteroatoms. The number of aromatic nitrogens is 1. The third-order valence-electron chi connectivity index (χ3n) is 3.43. The van der Waals surface area contributed by atoms with E-state index in [0.717, 1.165) is 5.69 Å². The normalized spacial score (nSPS) is 17.8. The zero-order valence-corrected chi connectivity index (χ0v) is 11.6. The average molecular weight is 270 g/mol. The van der Waals surface area contributed by atoms with Crippen molar-refractivity contribution in [1.82, 2.24) is 9.71 Å². The quantitative estimate of drug-likeness (QED) is 0.874. The molecule has 1 aromatic rings. The lowest BCUT2D eigenvalue weighted by Gasteiger charge is -2.13. The second-order valence-electron chi connectivity index (χ2n) is 5.34. The lowest BCUT2D eigenvalue weighted by atomic mass is 10.1. The Bertz CT molecular complexity index is 568. The van der Waals surface area contributed by atoms with E-state index in [0.29, 0.717) is 18.4 Å². The Morgan fingerprint density at radius 2 is 2.06 bits per heavy atom. The van der Waals surface area contributed by atoms with Crippen molar-refractivity contribution in [2.45, 2.75) is 44.3 Å². The van der Waals surface area contributed by atoms with Crippen LogP contribution in [0, 0.1) is 0 Å². The van der Waals surface area contributed by atoms with Crippen LogP contribution < -0.4 is 4.72 Å². The lowest BCUT2D eigenvalue weighted by molar-refractivity contribution is 0.0980. The molecule has 100 valence electrons. The fraction of sp³-hybridized carbons (Fsp3) is 0.583. The molecule has 0 unspecified atom stereocenters. The summed E-state index contributed by atoms with van der Waals surface area (Å²) in [6.45, 7) is 5.54. The maximum Gasteiger partial charge on any atom is 0.266 e. The Labute approximate surface area is 107 Å². The Morgan fingerprint density at radius 1 is 1.44 bits per heavy atom. The number of rotatable bonds is 4. The number of carbonyl (C=O) groups excluding carboxylic acids is 1. The molecular weight excluding hydrogens is 252 g/mol. The third kappa shape index (κ3) is 2.16. The highest BCUT2D eigenvalue weighted by Crippen LogP contribution is 2.42. The van der Waals surface area contributed by atoms with Gasteiger partial charge in [0, 0.05) is 11.9 Å². The van der Waals surface area contributed by atoms with Crippen molar-refractivity contribution in [2.75, 3.05) is 0 Å². The summed E-state index contributed by atoms with van der Waals surface area (Å²) in [5.41, 5.74) is 1.15. The first-order valence-corrected chi connectivity index (χ1v) is 7.49. The number of H-pyrrole nitrogens is 1. The number of hydrogen-bond acceptors (Lipinski definition) is 3. The molecule has 0 atom stereocenters. The number of hydrogen-bond donors (Lipinski definition) is 2. The topological polar surface area (TPSA) is 79.0 Å². The van der Waals surface area contributed by atoms with Crippen molar-refractivity contribution >= 4 is 15.9 Å². The van der Waals surface area contributed by atoms with Crippen LogP contribution in [0.2, 0.25) is 0 Å². The molecule has 2 N–H and O–H groups in total. The van der Waals surface area contributed by atoms with E-state index in [4.69, 9.17) is 0 Å². The molecule has 0 saturated heterocycles. The molecule has 0 spiro atoms. The minimum Gasteiger partial charge on any atom is -0.364 e. The van der Waals surface area contributed by atoms with Crippen molar-refractivity contribution in [3.8, 4) is 0 Å². The first-order chi connectivity index (χ1) is 8.27. The van der Waals surface area contributed by atoms with E-state index in [1.54, 1.807) is 19.2 Å². The van der Waals surface area contributed by atoms with Gasteiger partial charge in [-0.25, -0.2) is 13.1 Å². The number of carbonyl (C=O) groups is 1. The summed E-state index contributed by atoms with van der Waals surface area (Å²) in [6.07, 6.45) is 2.87. The molecule has 1 aliphatic rings. The molecular formula is C12H18N2O3S. The third-order valence-corrected chi connectivity index (χ3v) is 5.59. The Balaban J connectivity index is 2.20. The van der Waals surface area contributed by atoms with Crippen molar-refractivity contribution in [1.29, 1.82) is 0 Å². The van der Waals surface area contributed by atoms with Gasteiger partial charge in [-0.15, -0.1) is 0 Å². The van der Waals surface area contributed by atoms with Gasteiger partial charge < -0.3 is 4.98 Å². The molecule has 0 bridgehead atoms. The second kappa shape index (κ2) is 4.12. The van der Waals surface area contributed by atoms with Crippen molar-refractivity contribution < 1.29 is 13.2 Å². The largest absolute Gasteiger partial charge is 0.364 e. The number of aromatic amines is 1. The molecule has 1 aliphatic carbocycles. The van der Waals surface area contributed by atoms with Crippen molar-refractivity contribution in [3.63, 3.8) is 0 Å². The second-order valence-corrected chi connectivity index (χ2v) is 7.54. The van der Waals surface area contributed by atoms with Gasteiger partial charge in [-0.1, -0.05) is 13.8 Å². The van der Waals surface area contributed by atoms with Crippen LogP contribution in [0.1, 0.15) is 55.6 Å². The Kier molecular flexibility index (Phi) is 3.01. The summed E-state index contributed by atoms with van der Waals surface area (Å²) < 4.78 is 25.3. The molecule has 1 fully saturated rings. The van der Waals surface area contributed by atoms with Gasteiger partial charge in [0.15, 0.2) is 0 Å². The monoisotopic (exact) mass is 270 g/mol. The van der Waals surface area contributed by atoms with Gasteiger partial charge in [0.25, 0.3) is 5.91 Å². The average Bonchev–Trinajstić information content (AvgIpc) is 2.83. The predicted octanol–water partition coefficient (Wildman–Crippen LogP) is 1.75. The smallest absolute Gasteiger partial charge is 0.266 e. The lowest BCUT2D eigenvalue weighted by Crippen LogP contribution is -2.38. The minimum atomic E-state index is -3.57. The molecule has 0 radical (unpaired) electrons. The van der Waals surface area contributed by atoms with Gasteiger partial charge in [-0.05, 0) is 31.7 Å². The highest BCUT2D eigenvalue weighted by atomic mass is 32.2. The molecule has 5 nitrogen and oxygen atoms in total. The van der Waals surface area contributed by atoms with Crippen LogP contribution in [0.5, 0.6) is 0 Å². The molecule has 1 saturated carbocycles. The first kappa shape index (κ1) is 13.1. The zero-order chi connectivity index (χ0) is 13.6. The highest BCUT2D eigenvalue weighted by molar-refractivity contribution is 7.91. The van der Waals surface area contributed by atoms with Gasteiger partial charge in [0.1, 0.15) is 0 Å². The summed E-state index contributed by atoms with van der Waals surface area (Å²) in [5, 5.41) is 0. The van der Waals surface area contributed by atoms with E-state index in [1.165, 1.54) is 0 Å². The number of amides is 1. The van der Waals surface area contributed by atoms with Crippen LogP contribution in [0.15, 0.2) is 12.3 Å². The molecule has 2 rings (SSSR count). The summed E-state index contributed by atoms with van der Waals surface area (Å²) in [4.78, 5) is 15.0. The van der Waals surface area contributed by atoms with Crippen LogP contribution >= 0.6 is 0 Å². The van der Waals surface area contributed by atoms with Gasteiger partial charge in [0.2, 0.25) is 10.0 Å². The fourth-order valence-electron chi connectivity index (χ4n) is 1.80. The minimum absolute atomic E-state index is 0.139. The standard InChI is InChI=1S/C12H18N2O3S/c1-8(2)10-9(4-7-13-10)11(15)14-18(16,17)12(3)5-6-12/h4,7-8,13H,5-6H2,1-3H3,(H,14,15). The Morgan fingerprint density at radius 3 is 2.56 bits per heavy atom. The predicted molar refractivity (Wildman–Crippen MR) is 68.9 cm³/mol. The highest BCUT2D eigenvalue weighted by Gasteiger charge is 2.50. The van der Waals surface area contributed by atoms with E-state index in [9.17, 15) is 13.2 Å². The van der Waals surface area contributed by atoms with E-state index in [-0.39, 0.29) is 5.92 Å². The fourth-order valence-corrected chi connectivity index (χ4v) is 3.04. The first-order valence-electron chi connectivity index (χ1n) is 6.01. The van der Waals surface area contributed by atoms with Gasteiger partial charge >= 0.3 is 0 Å². The number of nitrogens with one attached hydrogen (secondary N) is 2. The summed E-state index contributed by atoms with van der Waals surface area (Å²) in [7, 11) is -3.57. The van der Waals surface area contributed by atoms with E-state index in [1.807, 2.05) is 13.8 Å². The van der Waals surface area contributed by atoms with Crippen LogP contribution in [0.4, 0.5) is 0 Å². The molecule has 1 amide bonds. The van der Waals surface area contributed by atoms with E-state index >= 15 is 0 Å². The zero-order valence-electron chi connectivity index (χ0n) is 10.8. The maximum absolute atomic E-state index is 12.0. The molecule has 1 aromatic heterocycles. The van der Waals surface area contributed by atoms with Crippen LogP contribution in [-0.2, 0) is 10.0 Å². The van der Waals surface area contributed by atoms with Crippen LogP contribution in [-0.4, -0.2) is 24.1 Å². The SMILES string of the molecule is CC(C)c1[nH]ccc1C(=O)NS(=O)(=O)C1(C)CC1. The van der Waals surface area contributed by atoms with Gasteiger partial charge in [-0.3, -0.25) is 4.79 Å². The summed E-state index contributed by atoms with van der Waals surface area (Å²) in [6, 6.07) is 1.61. The van der Waals surface area contributed by atoms with Gasteiger partial charge in [-0.2, -0.15) is 0 Å². The van der Waals surface area contributed by atoms with E-state index < -0.39 is 20.7 Å². The molecule has 0 aliphatic heterocycles. The van der Waals surface area contributed by atoms with Crippen molar-refractivity contribution in [2.24, 2.45) is 0 Å². The van der Waals surface area contributed by atoms with E-state index in [2.05, 4.69) is 9.71 Å². The maximum atomic E-state index is 12.0. The van der Waals surface area contributed by atoms with Gasteiger partial charge in [0.05, 0.1) is 10.3 Å². The van der Waals surface area contributed by atoms with Crippen LogP contribution in [0.3, 0.4) is 0 Å². The molecule has 1 heterocycles. The van der Waals surface area contributed by atoms with Crippen molar-refractivity contribution in [3.05, 3.63) is 23.5 Å². The molecule has 0 aromatic carbocycles. The van der Waals surface area contributed by atoms with Crippen LogP contribution in [0.25, 0.3) is 0 Å². The summed E-state index contributed by atoms with van der Waals surface area (Å²) in [5.74, 6) is -0.409. The molecule has 18 heavy (non-hydrogen) atoms.